The van der Waals surface area contributed by atoms with E-state index in [9.17, 15) is 9.18 Å². The Morgan fingerprint density at radius 2 is 2.04 bits per heavy atom. The van der Waals surface area contributed by atoms with Gasteiger partial charge in [-0.15, -0.1) is 0 Å². The van der Waals surface area contributed by atoms with Gasteiger partial charge in [-0.3, -0.25) is 4.79 Å². The molecule has 1 aromatic heterocycles. The van der Waals surface area contributed by atoms with E-state index >= 15 is 0 Å². The summed E-state index contributed by atoms with van der Waals surface area (Å²) in [5.74, 6) is 1.40. The van der Waals surface area contributed by atoms with Gasteiger partial charge in [0.1, 0.15) is 23.0 Å². The van der Waals surface area contributed by atoms with Crippen molar-refractivity contribution in [3.63, 3.8) is 0 Å². The number of benzene rings is 1. The Balaban J connectivity index is 1.58. The van der Waals surface area contributed by atoms with Crippen LogP contribution in [-0.2, 0) is 4.79 Å². The van der Waals surface area contributed by atoms with Crippen LogP contribution < -0.4 is 10.2 Å². The van der Waals surface area contributed by atoms with Crippen molar-refractivity contribution >= 4 is 40.8 Å². The number of anilines is 2. The highest BCUT2D eigenvalue weighted by Crippen LogP contribution is 2.27. The highest BCUT2D eigenvalue weighted by Gasteiger charge is 2.23. The number of carbonyl (C=O) groups is 1. The summed E-state index contributed by atoms with van der Waals surface area (Å²) in [5.41, 5.74) is 0.115. The topological polar surface area (TPSA) is 58.1 Å². The first-order valence-corrected chi connectivity index (χ1v) is 10.2. The number of aromatic nitrogens is 2. The molecule has 1 aliphatic heterocycles. The monoisotopic (exact) mass is 408 g/mol. The number of hydrogen-bond acceptors (Lipinski definition) is 5. The lowest BCUT2D eigenvalue weighted by molar-refractivity contribution is -0.113. The normalized spacial score (nSPS) is 19.8. The molecule has 0 bridgehead atoms. The van der Waals surface area contributed by atoms with Gasteiger partial charge in [0.25, 0.3) is 0 Å². The molecule has 5 nitrogen and oxygen atoms in total. The van der Waals surface area contributed by atoms with Gasteiger partial charge in [-0.2, -0.15) is 0 Å². The fourth-order valence-electron chi connectivity index (χ4n) is 3.35. The third-order valence-corrected chi connectivity index (χ3v) is 5.54. The number of carbonyl (C=O) groups excluding carboxylic acids is 1. The second-order valence-corrected chi connectivity index (χ2v) is 8.46. The number of nitrogens with one attached hydrogen (secondary N) is 1. The Hall–Kier alpha value is -1.86. The number of amides is 1. The molecule has 0 spiro atoms. The van der Waals surface area contributed by atoms with Gasteiger partial charge >= 0.3 is 0 Å². The van der Waals surface area contributed by atoms with Crippen molar-refractivity contribution in [2.24, 2.45) is 11.8 Å². The maximum Gasteiger partial charge on any atom is 0.234 e. The van der Waals surface area contributed by atoms with Gasteiger partial charge in [0.2, 0.25) is 5.91 Å². The molecule has 1 aliphatic rings. The van der Waals surface area contributed by atoms with Crippen LogP contribution in [-0.4, -0.2) is 34.7 Å². The van der Waals surface area contributed by atoms with Crippen molar-refractivity contribution in [2.45, 2.75) is 25.3 Å². The van der Waals surface area contributed by atoms with Crippen LogP contribution in [0.2, 0.25) is 5.02 Å². The van der Waals surface area contributed by atoms with Crippen LogP contribution in [0.4, 0.5) is 15.9 Å². The van der Waals surface area contributed by atoms with Crippen molar-refractivity contribution < 1.29 is 9.18 Å². The highest BCUT2D eigenvalue weighted by molar-refractivity contribution is 7.99. The summed E-state index contributed by atoms with van der Waals surface area (Å²) in [7, 11) is 0. The van der Waals surface area contributed by atoms with Gasteiger partial charge in [0.15, 0.2) is 0 Å². The van der Waals surface area contributed by atoms with Crippen LogP contribution in [0.3, 0.4) is 0 Å². The molecule has 2 atom stereocenters. The Morgan fingerprint density at radius 3 is 2.74 bits per heavy atom. The van der Waals surface area contributed by atoms with Crippen molar-refractivity contribution in [1.82, 2.24) is 9.97 Å². The van der Waals surface area contributed by atoms with Crippen LogP contribution in [0.15, 0.2) is 35.6 Å². The summed E-state index contributed by atoms with van der Waals surface area (Å²) in [6.45, 7) is 6.45. The van der Waals surface area contributed by atoms with E-state index in [1.807, 2.05) is 6.07 Å². The summed E-state index contributed by atoms with van der Waals surface area (Å²) in [6, 6.07) is 6.06. The largest absolute Gasteiger partial charge is 0.356 e. The van der Waals surface area contributed by atoms with E-state index in [2.05, 4.69) is 34.0 Å². The molecule has 144 valence electrons. The molecular formula is C19H22ClFN4OS. The number of piperidine rings is 1. The summed E-state index contributed by atoms with van der Waals surface area (Å²) < 4.78 is 13.8. The standard InChI is InChI=1S/C19H22ClFN4OS/c1-12-5-13(2)9-25(8-12)17-7-19(23-11-22-17)27-10-18(26)24-16-4-3-14(20)6-15(16)21/h3-4,6-7,11-13H,5,8-10H2,1-2H3,(H,24,26)/t12-,13-/m1/s1. The minimum absolute atomic E-state index is 0.115. The lowest BCUT2D eigenvalue weighted by Gasteiger charge is -2.35. The fourth-order valence-corrected chi connectivity index (χ4v) is 4.17. The highest BCUT2D eigenvalue weighted by atomic mass is 35.5. The van der Waals surface area contributed by atoms with Gasteiger partial charge in [-0.1, -0.05) is 37.2 Å². The molecule has 0 saturated carbocycles. The molecule has 1 aromatic carbocycles. The maximum atomic E-state index is 13.8. The van der Waals surface area contributed by atoms with Gasteiger partial charge < -0.3 is 10.2 Å². The number of nitrogens with zero attached hydrogens (tertiary/aromatic N) is 3. The van der Waals surface area contributed by atoms with E-state index in [4.69, 9.17) is 11.6 Å². The summed E-state index contributed by atoms with van der Waals surface area (Å²) >= 11 is 7.01. The molecule has 2 aromatic rings. The van der Waals surface area contributed by atoms with E-state index in [1.165, 1.54) is 42.7 Å². The summed E-state index contributed by atoms with van der Waals surface area (Å²) in [5, 5.41) is 3.56. The molecular weight excluding hydrogens is 387 g/mol. The van der Waals surface area contributed by atoms with Gasteiger partial charge in [0.05, 0.1) is 11.4 Å². The first-order chi connectivity index (χ1) is 12.9. The number of halogens is 2. The molecule has 2 heterocycles. The number of rotatable bonds is 5. The summed E-state index contributed by atoms with van der Waals surface area (Å²) in [6.07, 6.45) is 2.75. The van der Waals surface area contributed by atoms with E-state index < -0.39 is 5.82 Å². The maximum absolute atomic E-state index is 13.8. The van der Waals surface area contributed by atoms with Gasteiger partial charge in [0, 0.05) is 24.2 Å². The molecule has 1 amide bonds. The Labute approximate surface area is 167 Å². The van der Waals surface area contributed by atoms with Crippen molar-refractivity contribution in [2.75, 3.05) is 29.1 Å². The third kappa shape index (κ3) is 5.56. The van der Waals surface area contributed by atoms with Crippen LogP contribution in [0, 0.1) is 17.7 Å². The van der Waals surface area contributed by atoms with E-state index in [0.717, 1.165) is 23.9 Å². The SMILES string of the molecule is C[C@@H]1C[C@@H](C)CN(c2cc(SCC(=O)Nc3ccc(Cl)cc3F)ncn2)C1. The predicted molar refractivity (Wildman–Crippen MR) is 108 cm³/mol. The van der Waals surface area contributed by atoms with Crippen molar-refractivity contribution in [3.8, 4) is 0 Å². The molecule has 0 aliphatic carbocycles. The third-order valence-electron chi connectivity index (χ3n) is 4.38. The van der Waals surface area contributed by atoms with Gasteiger partial charge in [-0.05, 0) is 36.5 Å². The van der Waals surface area contributed by atoms with Gasteiger partial charge in [-0.25, -0.2) is 14.4 Å². The summed E-state index contributed by atoms with van der Waals surface area (Å²) in [4.78, 5) is 23.0. The second kappa shape index (κ2) is 8.89. The smallest absolute Gasteiger partial charge is 0.234 e. The molecule has 8 heteroatoms. The first-order valence-electron chi connectivity index (χ1n) is 8.85. The van der Waals surface area contributed by atoms with Crippen LogP contribution in [0.1, 0.15) is 20.3 Å². The predicted octanol–water partition coefficient (Wildman–Crippen LogP) is 4.48. The molecule has 1 saturated heterocycles. The Kier molecular flexibility index (Phi) is 6.55. The lowest BCUT2D eigenvalue weighted by atomic mass is 9.92. The molecule has 0 radical (unpaired) electrons. The zero-order valence-electron chi connectivity index (χ0n) is 15.3. The molecule has 1 N–H and O–H groups in total. The van der Waals surface area contributed by atoms with Crippen LogP contribution >= 0.6 is 23.4 Å². The molecule has 0 unspecified atom stereocenters. The van der Waals surface area contributed by atoms with Crippen molar-refractivity contribution in [1.29, 1.82) is 0 Å². The molecule has 27 heavy (non-hydrogen) atoms. The van der Waals surface area contributed by atoms with E-state index in [-0.39, 0.29) is 22.4 Å². The van der Waals surface area contributed by atoms with Crippen LogP contribution in [0.5, 0.6) is 0 Å². The average Bonchev–Trinajstić information content (AvgIpc) is 2.62. The molecule has 1 fully saturated rings. The Morgan fingerprint density at radius 1 is 1.30 bits per heavy atom. The van der Waals surface area contributed by atoms with E-state index in [1.54, 1.807) is 0 Å². The average molecular weight is 409 g/mol. The zero-order valence-corrected chi connectivity index (χ0v) is 16.9. The zero-order chi connectivity index (χ0) is 19.4. The molecule has 3 rings (SSSR count). The number of hydrogen-bond donors (Lipinski definition) is 1. The lowest BCUT2D eigenvalue weighted by Crippen LogP contribution is -2.39. The van der Waals surface area contributed by atoms with Crippen LogP contribution in [0.25, 0.3) is 0 Å². The second-order valence-electron chi connectivity index (χ2n) is 7.03. The first kappa shape index (κ1) is 19.9. The quantitative estimate of drug-likeness (QED) is 0.583. The minimum Gasteiger partial charge on any atom is -0.356 e. The van der Waals surface area contributed by atoms with E-state index in [0.29, 0.717) is 11.8 Å². The minimum atomic E-state index is -0.557. The number of thioether (sulfide) groups is 1. The Bertz CT molecular complexity index is 812. The van der Waals surface area contributed by atoms with Crippen molar-refractivity contribution in [3.05, 3.63) is 41.4 Å². The fraction of sp³-hybridized carbons (Fsp3) is 0.421.